The van der Waals surface area contributed by atoms with Gasteiger partial charge in [0.1, 0.15) is 17.0 Å². The lowest BCUT2D eigenvalue weighted by molar-refractivity contribution is -0.141. The Kier molecular flexibility index (Phi) is 6.97. The van der Waals surface area contributed by atoms with Crippen LogP contribution in [0.3, 0.4) is 0 Å². The molecule has 47 heavy (non-hydrogen) atoms. The number of carbonyl (C=O) groups excluding carboxylic acids is 3. The maximum atomic E-state index is 14.6. The summed E-state index contributed by atoms with van der Waals surface area (Å²) in [6.45, 7) is 12.3. The molecule has 2 fully saturated rings. The fraction of sp³-hybridized carbons (Fsp3) is 0.410. The third-order valence-corrected chi connectivity index (χ3v) is 11.5. The van der Waals surface area contributed by atoms with Crippen LogP contribution in [-0.4, -0.2) is 66.8 Å². The van der Waals surface area contributed by atoms with Crippen molar-refractivity contribution in [2.24, 2.45) is 23.7 Å². The Morgan fingerprint density at radius 3 is 1.77 bits per heavy atom. The average molecular weight is 631 g/mol. The number of benzene rings is 3. The Morgan fingerprint density at radius 2 is 1.23 bits per heavy atom. The number of hydrogen-bond acceptors (Lipinski definition) is 6. The fourth-order valence-electron chi connectivity index (χ4n) is 9.29. The standard InChI is InChI=1S/C39H42N4O4/c1-5-40(6-2)26-15-17-30-32(22-26)47-33-23-27(41(7-3)8-4)16-18-31(33)39(30)29-12-10-9-11-28(29)36(44)43(39)20-19-42-37(45)34-24-13-14-25(21-24)35(34)38(42)46/h9-18,22-25,34-35H,5-8,19-21H2,1-4H3/t24-,25+,34+,35-. The van der Waals surface area contributed by atoms with Gasteiger partial charge in [0, 0.05) is 79.5 Å². The van der Waals surface area contributed by atoms with Crippen molar-refractivity contribution in [2.75, 3.05) is 49.1 Å². The molecule has 8 nitrogen and oxygen atoms in total. The molecule has 3 heterocycles. The van der Waals surface area contributed by atoms with Crippen LogP contribution in [0.15, 0.2) is 72.8 Å². The smallest absolute Gasteiger partial charge is 0.255 e. The van der Waals surface area contributed by atoms with E-state index in [0.717, 1.165) is 60.7 Å². The molecule has 1 saturated carbocycles. The predicted molar refractivity (Wildman–Crippen MR) is 182 cm³/mol. The molecule has 8 rings (SSSR count). The third kappa shape index (κ3) is 4.02. The van der Waals surface area contributed by atoms with E-state index >= 15 is 0 Å². The zero-order chi connectivity index (χ0) is 32.6. The summed E-state index contributed by atoms with van der Waals surface area (Å²) in [6, 6.07) is 20.5. The summed E-state index contributed by atoms with van der Waals surface area (Å²) in [6.07, 6.45) is 5.12. The van der Waals surface area contributed by atoms with Gasteiger partial charge in [0.2, 0.25) is 11.8 Å². The van der Waals surface area contributed by atoms with Crippen LogP contribution in [0.1, 0.15) is 61.2 Å². The topological polar surface area (TPSA) is 73.4 Å². The van der Waals surface area contributed by atoms with Gasteiger partial charge in [-0.15, -0.1) is 0 Å². The number of hydrogen-bond donors (Lipinski definition) is 0. The SMILES string of the molecule is CCN(CC)c1ccc2c(c1)Oc1cc(N(CC)CC)ccc1C21c2ccccc2C(=O)N1CCN1C(=O)[C@@H]2[C@H](C1=O)[C@H]1C=C[C@@H]2C1. The van der Waals surface area contributed by atoms with Crippen molar-refractivity contribution in [1.29, 1.82) is 0 Å². The normalized spacial score (nSPS) is 24.0. The van der Waals surface area contributed by atoms with Crippen molar-refractivity contribution in [1.82, 2.24) is 9.80 Å². The highest BCUT2D eigenvalue weighted by atomic mass is 16.5. The first-order valence-electron chi connectivity index (χ1n) is 17.3. The Morgan fingerprint density at radius 1 is 0.702 bits per heavy atom. The van der Waals surface area contributed by atoms with Crippen molar-refractivity contribution in [2.45, 2.75) is 39.7 Å². The summed E-state index contributed by atoms with van der Waals surface area (Å²) < 4.78 is 6.80. The highest BCUT2D eigenvalue weighted by molar-refractivity contribution is 6.07. The van der Waals surface area contributed by atoms with E-state index in [4.69, 9.17) is 4.74 Å². The molecule has 8 heteroatoms. The summed E-state index contributed by atoms with van der Waals surface area (Å²) in [5.74, 6) is 0.887. The van der Waals surface area contributed by atoms with Crippen LogP contribution in [-0.2, 0) is 15.1 Å². The zero-order valence-corrected chi connectivity index (χ0v) is 27.6. The largest absolute Gasteiger partial charge is 0.456 e. The Balaban J connectivity index is 1.28. The van der Waals surface area contributed by atoms with Crippen LogP contribution in [0.25, 0.3) is 0 Å². The highest BCUT2D eigenvalue weighted by Gasteiger charge is 2.60. The van der Waals surface area contributed by atoms with E-state index in [2.05, 4.69) is 86.0 Å². The van der Waals surface area contributed by atoms with E-state index < -0.39 is 5.54 Å². The molecule has 0 N–H and O–H groups in total. The second-order valence-corrected chi connectivity index (χ2v) is 13.3. The Labute approximate surface area is 276 Å². The van der Waals surface area contributed by atoms with Gasteiger partial charge in [0.25, 0.3) is 5.91 Å². The van der Waals surface area contributed by atoms with Crippen LogP contribution in [0.2, 0.25) is 0 Å². The van der Waals surface area contributed by atoms with E-state index in [1.165, 1.54) is 4.90 Å². The number of allylic oxidation sites excluding steroid dienone is 2. The van der Waals surface area contributed by atoms with Crippen molar-refractivity contribution in [3.8, 4) is 11.5 Å². The van der Waals surface area contributed by atoms with Crippen LogP contribution in [0, 0.1) is 23.7 Å². The molecule has 3 aliphatic heterocycles. The van der Waals surface area contributed by atoms with Gasteiger partial charge in [0.05, 0.1) is 11.8 Å². The molecule has 5 aliphatic rings. The first-order valence-corrected chi connectivity index (χ1v) is 17.3. The highest BCUT2D eigenvalue weighted by Crippen LogP contribution is 2.58. The lowest BCUT2D eigenvalue weighted by atomic mass is 9.74. The molecule has 3 aromatic carbocycles. The Bertz CT molecular complexity index is 1730. The minimum atomic E-state index is -0.998. The first kappa shape index (κ1) is 29.8. The molecule has 3 aromatic rings. The van der Waals surface area contributed by atoms with E-state index in [1.807, 2.05) is 29.2 Å². The summed E-state index contributed by atoms with van der Waals surface area (Å²) in [4.78, 5) is 49.9. The molecule has 2 aliphatic carbocycles. The van der Waals surface area contributed by atoms with Gasteiger partial charge in [-0.1, -0.05) is 42.5 Å². The molecule has 0 unspecified atom stereocenters. The second kappa shape index (κ2) is 11.0. The molecular formula is C39H42N4O4. The van der Waals surface area contributed by atoms with Crippen LogP contribution < -0.4 is 14.5 Å². The van der Waals surface area contributed by atoms with E-state index in [0.29, 0.717) is 17.1 Å². The number of likely N-dealkylation sites (tertiary alicyclic amines) is 1. The van der Waals surface area contributed by atoms with E-state index in [9.17, 15) is 14.4 Å². The average Bonchev–Trinajstić information content (AvgIpc) is 3.83. The molecule has 1 spiro atoms. The van der Waals surface area contributed by atoms with Crippen molar-refractivity contribution in [3.63, 3.8) is 0 Å². The summed E-state index contributed by atoms with van der Waals surface area (Å²) >= 11 is 0. The summed E-state index contributed by atoms with van der Waals surface area (Å²) in [5, 5.41) is 0. The van der Waals surface area contributed by atoms with Crippen LogP contribution in [0.5, 0.6) is 11.5 Å². The van der Waals surface area contributed by atoms with Gasteiger partial charge in [-0.25, -0.2) is 0 Å². The van der Waals surface area contributed by atoms with Crippen LogP contribution >= 0.6 is 0 Å². The number of carbonyl (C=O) groups is 3. The monoisotopic (exact) mass is 630 g/mol. The first-order chi connectivity index (χ1) is 22.9. The fourth-order valence-corrected chi connectivity index (χ4v) is 9.29. The lowest BCUT2D eigenvalue weighted by Crippen LogP contribution is -2.50. The summed E-state index contributed by atoms with van der Waals surface area (Å²) in [5.41, 5.74) is 4.40. The van der Waals surface area contributed by atoms with Gasteiger partial charge in [0.15, 0.2) is 0 Å². The quantitative estimate of drug-likeness (QED) is 0.212. The Hall–Kier alpha value is -4.59. The van der Waals surface area contributed by atoms with Gasteiger partial charge in [-0.2, -0.15) is 0 Å². The van der Waals surface area contributed by atoms with Gasteiger partial charge in [-0.3, -0.25) is 19.3 Å². The molecule has 2 bridgehead atoms. The third-order valence-electron chi connectivity index (χ3n) is 11.5. The van der Waals surface area contributed by atoms with Gasteiger partial charge >= 0.3 is 0 Å². The number of amides is 3. The predicted octanol–water partition coefficient (Wildman–Crippen LogP) is 6.04. The second-order valence-electron chi connectivity index (χ2n) is 13.3. The number of imide groups is 1. The summed E-state index contributed by atoms with van der Waals surface area (Å²) in [7, 11) is 0. The minimum absolute atomic E-state index is 0.0874. The van der Waals surface area contributed by atoms with Crippen molar-refractivity contribution < 1.29 is 19.1 Å². The van der Waals surface area contributed by atoms with Gasteiger partial charge < -0.3 is 19.4 Å². The molecule has 1 saturated heterocycles. The number of nitrogens with zero attached hydrogens (tertiary/aromatic N) is 4. The molecule has 0 aromatic heterocycles. The number of anilines is 2. The number of rotatable bonds is 9. The molecule has 3 amide bonds. The van der Waals surface area contributed by atoms with E-state index in [-0.39, 0.29) is 54.5 Å². The lowest BCUT2D eigenvalue weighted by Gasteiger charge is -2.45. The van der Waals surface area contributed by atoms with Crippen molar-refractivity contribution >= 4 is 29.1 Å². The zero-order valence-electron chi connectivity index (χ0n) is 27.6. The number of ether oxygens (including phenoxy) is 1. The maximum absolute atomic E-state index is 14.6. The van der Waals surface area contributed by atoms with E-state index in [1.54, 1.807) is 0 Å². The van der Waals surface area contributed by atoms with Crippen LogP contribution in [0.4, 0.5) is 11.4 Å². The maximum Gasteiger partial charge on any atom is 0.255 e. The number of fused-ring (bicyclic) bond motifs is 11. The van der Waals surface area contributed by atoms with Gasteiger partial charge in [-0.05, 0) is 69.7 Å². The molecule has 242 valence electrons. The van der Waals surface area contributed by atoms with Crippen molar-refractivity contribution in [3.05, 3.63) is 95.1 Å². The minimum Gasteiger partial charge on any atom is -0.456 e. The molecule has 4 atom stereocenters. The molecular weight excluding hydrogens is 588 g/mol. The molecule has 0 radical (unpaired) electrons.